The van der Waals surface area contributed by atoms with Crippen LogP contribution in [0, 0.1) is 0 Å². The van der Waals surface area contributed by atoms with E-state index in [4.69, 9.17) is 9.84 Å². The van der Waals surface area contributed by atoms with Crippen LogP contribution >= 0.6 is 0 Å². The van der Waals surface area contributed by atoms with Gasteiger partial charge >= 0.3 is 11.9 Å². The number of ether oxygens (including phenoxy) is 2. The first-order valence-electron chi connectivity index (χ1n) is 6.02. The summed E-state index contributed by atoms with van der Waals surface area (Å²) in [5, 5.41) is 46.7. The Morgan fingerprint density at radius 1 is 1.32 bits per heavy atom. The van der Waals surface area contributed by atoms with Gasteiger partial charge < -0.3 is 35.0 Å². The summed E-state index contributed by atoms with van der Waals surface area (Å²) in [5.74, 6) is -5.00. The summed E-state index contributed by atoms with van der Waals surface area (Å²) >= 11 is 0. The average molecular weight is 312 g/mol. The highest BCUT2D eigenvalue weighted by Crippen LogP contribution is 2.28. The van der Waals surface area contributed by atoms with Crippen LogP contribution in [0.15, 0.2) is 29.7 Å². The molecule has 9 nitrogen and oxygen atoms in total. The molecule has 9 heteroatoms. The van der Waals surface area contributed by atoms with E-state index in [1.807, 2.05) is 0 Å². The van der Waals surface area contributed by atoms with E-state index < -0.39 is 53.6 Å². The molecule has 0 bridgehead atoms. The maximum absolute atomic E-state index is 11.9. The standard InChI is InChI=1S/C13H12O9/c14-4-8(17)10-11(9(18)13(20)21-10)22-12(19)6-3-5(15)1-2-7(6)16/h1-3,8,10,14-18H,4H2/t8-,10+/m0/s1. The monoisotopic (exact) mass is 312 g/mol. The Labute approximate surface area is 123 Å². The first kappa shape index (κ1) is 15.6. The number of carbonyl (C=O) groups excluding carboxylic acids is 2. The number of phenolic OH excluding ortho intramolecular Hbond substituents is 2. The zero-order valence-electron chi connectivity index (χ0n) is 11.0. The van der Waals surface area contributed by atoms with E-state index in [0.717, 1.165) is 18.2 Å². The molecule has 0 saturated heterocycles. The predicted octanol–water partition coefficient (Wildman–Crippen LogP) is -0.697. The van der Waals surface area contributed by atoms with Crippen LogP contribution in [0.3, 0.4) is 0 Å². The van der Waals surface area contributed by atoms with Crippen LogP contribution in [0.5, 0.6) is 11.5 Å². The van der Waals surface area contributed by atoms with Crippen molar-refractivity contribution in [2.24, 2.45) is 0 Å². The summed E-state index contributed by atoms with van der Waals surface area (Å²) in [6, 6.07) is 3.07. The second-order valence-corrected chi connectivity index (χ2v) is 4.38. The highest BCUT2D eigenvalue weighted by atomic mass is 16.6. The molecule has 1 aliphatic rings. The molecule has 0 amide bonds. The van der Waals surface area contributed by atoms with Gasteiger partial charge in [0.1, 0.15) is 23.2 Å². The van der Waals surface area contributed by atoms with Gasteiger partial charge in [-0.05, 0) is 18.2 Å². The minimum atomic E-state index is -1.62. The van der Waals surface area contributed by atoms with Gasteiger partial charge in [-0.1, -0.05) is 0 Å². The van der Waals surface area contributed by atoms with Gasteiger partial charge in [0.05, 0.1) is 6.61 Å². The van der Waals surface area contributed by atoms with Crippen LogP contribution in [0.25, 0.3) is 0 Å². The van der Waals surface area contributed by atoms with Gasteiger partial charge in [-0.2, -0.15) is 0 Å². The molecule has 0 fully saturated rings. The van der Waals surface area contributed by atoms with Crippen molar-refractivity contribution < 1.29 is 44.6 Å². The molecule has 0 radical (unpaired) electrons. The molecule has 1 aromatic carbocycles. The van der Waals surface area contributed by atoms with Crippen molar-refractivity contribution in [1.82, 2.24) is 0 Å². The van der Waals surface area contributed by atoms with Crippen LogP contribution in [0.4, 0.5) is 0 Å². The number of hydrogen-bond donors (Lipinski definition) is 5. The van der Waals surface area contributed by atoms with Crippen molar-refractivity contribution >= 4 is 11.9 Å². The molecule has 1 aromatic rings. The number of phenols is 2. The van der Waals surface area contributed by atoms with E-state index in [0.29, 0.717) is 0 Å². The second-order valence-electron chi connectivity index (χ2n) is 4.38. The summed E-state index contributed by atoms with van der Waals surface area (Å²) < 4.78 is 9.32. The number of benzene rings is 1. The Morgan fingerprint density at radius 3 is 2.64 bits per heavy atom. The van der Waals surface area contributed by atoms with Crippen LogP contribution in [-0.2, 0) is 14.3 Å². The van der Waals surface area contributed by atoms with Gasteiger partial charge in [-0.3, -0.25) is 0 Å². The highest BCUT2D eigenvalue weighted by Gasteiger charge is 2.42. The molecular weight excluding hydrogens is 300 g/mol. The van der Waals surface area contributed by atoms with Gasteiger partial charge in [0.2, 0.25) is 11.5 Å². The van der Waals surface area contributed by atoms with Crippen LogP contribution in [0.1, 0.15) is 10.4 Å². The van der Waals surface area contributed by atoms with E-state index in [2.05, 4.69) is 4.74 Å². The van der Waals surface area contributed by atoms with Gasteiger partial charge in [-0.15, -0.1) is 0 Å². The number of carbonyl (C=O) groups is 2. The molecule has 0 unspecified atom stereocenters. The molecule has 2 rings (SSSR count). The Morgan fingerprint density at radius 2 is 2.00 bits per heavy atom. The quantitative estimate of drug-likeness (QED) is 0.358. The van der Waals surface area contributed by atoms with Crippen molar-refractivity contribution in [3.05, 3.63) is 35.3 Å². The minimum absolute atomic E-state index is 0.325. The molecule has 0 spiro atoms. The fourth-order valence-corrected chi connectivity index (χ4v) is 1.76. The lowest BCUT2D eigenvalue weighted by molar-refractivity contribution is -0.147. The topological polar surface area (TPSA) is 154 Å². The number of cyclic esters (lactones) is 1. The lowest BCUT2D eigenvalue weighted by Crippen LogP contribution is -2.33. The molecular formula is C13H12O9. The summed E-state index contributed by atoms with van der Waals surface area (Å²) in [6.07, 6.45) is -3.19. The van der Waals surface area contributed by atoms with Gasteiger partial charge in [0.15, 0.2) is 6.10 Å². The Bertz CT molecular complexity index is 649. The predicted molar refractivity (Wildman–Crippen MR) is 67.8 cm³/mol. The number of hydrogen-bond acceptors (Lipinski definition) is 9. The largest absolute Gasteiger partial charge is 0.508 e. The minimum Gasteiger partial charge on any atom is -0.508 e. The third-order valence-electron chi connectivity index (χ3n) is 2.86. The molecule has 1 heterocycles. The number of esters is 2. The molecule has 0 aromatic heterocycles. The first-order valence-corrected chi connectivity index (χ1v) is 6.02. The Kier molecular flexibility index (Phi) is 4.20. The molecule has 2 atom stereocenters. The summed E-state index contributed by atoms with van der Waals surface area (Å²) in [7, 11) is 0. The molecule has 0 aliphatic carbocycles. The SMILES string of the molecule is O=C1O[C@H]([C@@H](O)CO)C(OC(=O)c2cc(O)ccc2O)=C1O. The summed E-state index contributed by atoms with van der Waals surface area (Å²) in [4.78, 5) is 23.2. The van der Waals surface area contributed by atoms with Crippen molar-refractivity contribution in [3.8, 4) is 11.5 Å². The molecule has 1 aliphatic heterocycles. The third kappa shape index (κ3) is 2.80. The van der Waals surface area contributed by atoms with Crippen LogP contribution in [-0.4, -0.2) is 56.3 Å². The third-order valence-corrected chi connectivity index (χ3v) is 2.86. The molecule has 0 saturated carbocycles. The number of rotatable bonds is 4. The lowest BCUT2D eigenvalue weighted by atomic mass is 10.1. The fraction of sp³-hybridized carbons (Fsp3) is 0.231. The smallest absolute Gasteiger partial charge is 0.378 e. The molecule has 118 valence electrons. The molecule has 5 N–H and O–H groups in total. The Hall–Kier alpha value is -2.78. The molecule has 22 heavy (non-hydrogen) atoms. The van der Waals surface area contributed by atoms with Crippen molar-refractivity contribution in [3.63, 3.8) is 0 Å². The van der Waals surface area contributed by atoms with E-state index in [1.165, 1.54) is 0 Å². The normalized spacial score (nSPS) is 19.0. The second kappa shape index (κ2) is 5.92. The van der Waals surface area contributed by atoms with Gasteiger partial charge in [0, 0.05) is 0 Å². The highest BCUT2D eigenvalue weighted by molar-refractivity contribution is 5.95. The number of aromatic hydroxyl groups is 2. The van der Waals surface area contributed by atoms with Crippen molar-refractivity contribution in [1.29, 1.82) is 0 Å². The van der Waals surface area contributed by atoms with E-state index in [-0.39, 0.29) is 5.75 Å². The van der Waals surface area contributed by atoms with E-state index >= 15 is 0 Å². The summed E-state index contributed by atoms with van der Waals surface area (Å²) in [5.41, 5.74) is -0.433. The summed E-state index contributed by atoms with van der Waals surface area (Å²) in [6.45, 7) is -0.816. The van der Waals surface area contributed by atoms with E-state index in [1.54, 1.807) is 0 Å². The van der Waals surface area contributed by atoms with Crippen LogP contribution < -0.4 is 0 Å². The maximum atomic E-state index is 11.9. The average Bonchev–Trinajstić information content (AvgIpc) is 2.77. The zero-order chi connectivity index (χ0) is 16.4. The maximum Gasteiger partial charge on any atom is 0.378 e. The van der Waals surface area contributed by atoms with Crippen molar-refractivity contribution in [2.45, 2.75) is 12.2 Å². The number of aliphatic hydroxyl groups is 3. The van der Waals surface area contributed by atoms with Crippen LogP contribution in [0.2, 0.25) is 0 Å². The van der Waals surface area contributed by atoms with Gasteiger partial charge in [-0.25, -0.2) is 9.59 Å². The first-order chi connectivity index (χ1) is 10.3. The van der Waals surface area contributed by atoms with E-state index in [9.17, 15) is 30.0 Å². The number of aliphatic hydroxyl groups excluding tert-OH is 3. The fourth-order valence-electron chi connectivity index (χ4n) is 1.76. The zero-order valence-corrected chi connectivity index (χ0v) is 11.0. The van der Waals surface area contributed by atoms with Gasteiger partial charge in [0.25, 0.3) is 0 Å². The van der Waals surface area contributed by atoms with Crippen molar-refractivity contribution in [2.75, 3.05) is 6.61 Å². The lowest BCUT2D eigenvalue weighted by Gasteiger charge is -2.17. The Balaban J connectivity index is 2.29.